The molecule has 0 bridgehead atoms. The number of hydrogen-bond acceptors (Lipinski definition) is 2. The van der Waals surface area contributed by atoms with Gasteiger partial charge in [0.2, 0.25) is 0 Å². The first-order valence-electron chi connectivity index (χ1n) is 5.04. The molecule has 1 unspecified atom stereocenters. The van der Waals surface area contributed by atoms with Crippen LogP contribution in [0.1, 0.15) is 30.6 Å². The second kappa shape index (κ2) is 5.47. The van der Waals surface area contributed by atoms with E-state index in [9.17, 15) is 4.79 Å². The van der Waals surface area contributed by atoms with Gasteiger partial charge < -0.3 is 5.11 Å². The minimum atomic E-state index is -0.398. The van der Waals surface area contributed by atoms with Gasteiger partial charge in [-0.3, -0.25) is 4.79 Å². The average Bonchev–Trinajstić information content (AvgIpc) is 2.17. The van der Waals surface area contributed by atoms with E-state index in [0.717, 1.165) is 5.57 Å². The number of aliphatic hydroxyl groups excluding tert-OH is 1. The highest BCUT2D eigenvalue weighted by molar-refractivity contribution is 6.04. The lowest BCUT2D eigenvalue weighted by Gasteiger charge is -2.03. The molecule has 2 nitrogen and oxygen atoms in total. The lowest BCUT2D eigenvalue weighted by molar-refractivity contribution is 0.104. The molecular weight excluding hydrogens is 188 g/mol. The van der Waals surface area contributed by atoms with Gasteiger partial charge in [-0.2, -0.15) is 0 Å². The molecule has 0 spiro atoms. The van der Waals surface area contributed by atoms with E-state index in [1.165, 1.54) is 0 Å². The highest BCUT2D eigenvalue weighted by atomic mass is 16.3. The van der Waals surface area contributed by atoms with Crippen LogP contribution in [0.5, 0.6) is 0 Å². The molecule has 1 rings (SSSR count). The fourth-order valence-corrected chi connectivity index (χ4v) is 1.43. The monoisotopic (exact) mass is 204 g/mol. The molecule has 1 N–H and O–H groups in total. The third kappa shape index (κ3) is 4.09. The maximum absolute atomic E-state index is 11.7. The molecule has 0 amide bonds. The Bertz CT molecular complexity index is 350. The van der Waals surface area contributed by atoms with E-state index in [-0.39, 0.29) is 5.78 Å². The third-order valence-corrected chi connectivity index (χ3v) is 2.05. The van der Waals surface area contributed by atoms with E-state index in [1.54, 1.807) is 25.1 Å². The Morgan fingerprint density at radius 3 is 2.53 bits per heavy atom. The van der Waals surface area contributed by atoms with Crippen LogP contribution in [0.25, 0.3) is 0 Å². The van der Waals surface area contributed by atoms with Crippen molar-refractivity contribution in [1.82, 2.24) is 0 Å². The van der Waals surface area contributed by atoms with Crippen LogP contribution in [-0.4, -0.2) is 17.0 Å². The van der Waals surface area contributed by atoms with Crippen molar-refractivity contribution in [2.75, 3.05) is 0 Å². The predicted molar refractivity (Wildman–Crippen MR) is 60.8 cm³/mol. The van der Waals surface area contributed by atoms with Gasteiger partial charge in [0, 0.05) is 5.56 Å². The summed E-state index contributed by atoms with van der Waals surface area (Å²) in [7, 11) is 0. The van der Waals surface area contributed by atoms with E-state index in [2.05, 4.69) is 0 Å². The van der Waals surface area contributed by atoms with Crippen LogP contribution in [0.2, 0.25) is 0 Å². The first kappa shape index (κ1) is 11.7. The van der Waals surface area contributed by atoms with Crippen molar-refractivity contribution < 1.29 is 9.90 Å². The molecule has 80 valence electrons. The highest BCUT2D eigenvalue weighted by Crippen LogP contribution is 2.07. The van der Waals surface area contributed by atoms with Crippen LogP contribution in [0.4, 0.5) is 0 Å². The van der Waals surface area contributed by atoms with Gasteiger partial charge in [0.1, 0.15) is 0 Å². The van der Waals surface area contributed by atoms with Gasteiger partial charge in [0.15, 0.2) is 5.78 Å². The van der Waals surface area contributed by atoms with Gasteiger partial charge in [0.25, 0.3) is 0 Å². The predicted octanol–water partition coefficient (Wildman–Crippen LogP) is 2.59. The smallest absolute Gasteiger partial charge is 0.185 e. The molecule has 0 fully saturated rings. The second-order valence-electron chi connectivity index (χ2n) is 3.77. The Kier molecular flexibility index (Phi) is 4.25. The molecule has 15 heavy (non-hydrogen) atoms. The van der Waals surface area contributed by atoms with Crippen LogP contribution in [-0.2, 0) is 0 Å². The second-order valence-corrected chi connectivity index (χ2v) is 3.77. The molecule has 0 aliphatic carbocycles. The molecule has 1 atom stereocenters. The number of carbonyl (C=O) groups is 1. The minimum absolute atomic E-state index is 0.00579. The molecule has 0 aliphatic heterocycles. The van der Waals surface area contributed by atoms with Crippen LogP contribution >= 0.6 is 0 Å². The van der Waals surface area contributed by atoms with Crippen LogP contribution in [0.15, 0.2) is 42.0 Å². The summed E-state index contributed by atoms with van der Waals surface area (Å²) in [6.45, 7) is 3.57. The number of hydrogen-bond donors (Lipinski definition) is 1. The van der Waals surface area contributed by atoms with E-state index in [1.807, 2.05) is 25.1 Å². The summed E-state index contributed by atoms with van der Waals surface area (Å²) in [6.07, 6.45) is 1.73. The zero-order valence-corrected chi connectivity index (χ0v) is 9.10. The normalized spacial score (nSPS) is 13.7. The largest absolute Gasteiger partial charge is 0.393 e. The first-order chi connectivity index (χ1) is 7.09. The SMILES string of the molecule is C/C(=C\C(=O)c1ccccc1)CC(C)O. The van der Waals surface area contributed by atoms with E-state index in [0.29, 0.717) is 12.0 Å². The topological polar surface area (TPSA) is 37.3 Å². The Morgan fingerprint density at radius 1 is 1.40 bits per heavy atom. The van der Waals surface area contributed by atoms with Gasteiger partial charge in [-0.1, -0.05) is 35.9 Å². The quantitative estimate of drug-likeness (QED) is 0.604. The maximum Gasteiger partial charge on any atom is 0.185 e. The average molecular weight is 204 g/mol. The summed E-state index contributed by atoms with van der Waals surface area (Å²) in [5, 5.41) is 9.15. The summed E-state index contributed by atoms with van der Waals surface area (Å²) in [6, 6.07) is 9.13. The Labute approximate surface area is 90.3 Å². The molecule has 1 aromatic rings. The number of allylic oxidation sites excluding steroid dienone is 1. The summed E-state index contributed by atoms with van der Waals surface area (Å²) in [5.74, 6) is -0.00579. The molecule has 2 heteroatoms. The maximum atomic E-state index is 11.7. The fourth-order valence-electron chi connectivity index (χ4n) is 1.43. The molecule has 0 saturated heterocycles. The fraction of sp³-hybridized carbons (Fsp3) is 0.308. The van der Waals surface area contributed by atoms with Crippen LogP contribution in [0, 0.1) is 0 Å². The number of rotatable bonds is 4. The van der Waals surface area contributed by atoms with E-state index >= 15 is 0 Å². The van der Waals surface area contributed by atoms with Crippen molar-refractivity contribution in [2.24, 2.45) is 0 Å². The van der Waals surface area contributed by atoms with Crippen molar-refractivity contribution in [1.29, 1.82) is 0 Å². The standard InChI is InChI=1S/C13H16O2/c1-10(8-11(2)14)9-13(15)12-6-4-3-5-7-12/h3-7,9,11,14H,8H2,1-2H3/b10-9+. The van der Waals surface area contributed by atoms with Gasteiger partial charge >= 0.3 is 0 Å². The van der Waals surface area contributed by atoms with Gasteiger partial charge in [-0.05, 0) is 26.3 Å². The van der Waals surface area contributed by atoms with Gasteiger partial charge in [-0.25, -0.2) is 0 Å². The van der Waals surface area contributed by atoms with Crippen molar-refractivity contribution in [3.63, 3.8) is 0 Å². The molecule has 0 aliphatic rings. The summed E-state index contributed by atoms with van der Waals surface area (Å²) in [4.78, 5) is 11.7. The molecule has 1 aromatic carbocycles. The number of ketones is 1. The van der Waals surface area contributed by atoms with Gasteiger partial charge in [0.05, 0.1) is 6.10 Å². The summed E-state index contributed by atoms with van der Waals surface area (Å²) >= 11 is 0. The molecule has 0 saturated carbocycles. The van der Waals surface area contributed by atoms with E-state index in [4.69, 9.17) is 5.11 Å². The third-order valence-electron chi connectivity index (χ3n) is 2.05. The molecular formula is C13H16O2. The summed E-state index contributed by atoms with van der Waals surface area (Å²) < 4.78 is 0. The van der Waals surface area contributed by atoms with Crippen molar-refractivity contribution >= 4 is 5.78 Å². The Hall–Kier alpha value is -1.41. The zero-order valence-electron chi connectivity index (χ0n) is 9.10. The lowest BCUT2D eigenvalue weighted by atomic mass is 10.1. The Balaban J connectivity index is 2.71. The number of aliphatic hydroxyl groups is 1. The van der Waals surface area contributed by atoms with Crippen LogP contribution in [0.3, 0.4) is 0 Å². The van der Waals surface area contributed by atoms with Crippen LogP contribution < -0.4 is 0 Å². The first-order valence-corrected chi connectivity index (χ1v) is 5.04. The molecule has 0 radical (unpaired) electrons. The van der Waals surface area contributed by atoms with Crippen molar-refractivity contribution in [2.45, 2.75) is 26.4 Å². The zero-order chi connectivity index (χ0) is 11.3. The number of benzene rings is 1. The highest BCUT2D eigenvalue weighted by Gasteiger charge is 2.03. The van der Waals surface area contributed by atoms with Crippen molar-refractivity contribution in [3.05, 3.63) is 47.5 Å². The minimum Gasteiger partial charge on any atom is -0.393 e. The molecule has 0 aromatic heterocycles. The van der Waals surface area contributed by atoms with Gasteiger partial charge in [-0.15, -0.1) is 0 Å². The van der Waals surface area contributed by atoms with Crippen molar-refractivity contribution in [3.8, 4) is 0 Å². The Morgan fingerprint density at radius 2 is 2.00 bits per heavy atom. The molecule has 0 heterocycles. The van der Waals surface area contributed by atoms with E-state index < -0.39 is 6.10 Å². The lowest BCUT2D eigenvalue weighted by Crippen LogP contribution is -2.02. The summed E-state index contributed by atoms with van der Waals surface area (Å²) in [5.41, 5.74) is 1.58. The number of carbonyl (C=O) groups excluding carboxylic acids is 1.